The fraction of sp³-hybridized carbons (Fsp3) is 0.524. The molecular weight excluding hydrogens is 372 g/mol. The smallest absolute Gasteiger partial charge is 0.190 e. The zero-order valence-electron chi connectivity index (χ0n) is 16.6. The minimum absolute atomic E-state index is 0.685. The van der Waals surface area contributed by atoms with Gasteiger partial charge < -0.3 is 10.6 Å². The van der Waals surface area contributed by atoms with E-state index in [1.54, 1.807) is 0 Å². The predicted molar refractivity (Wildman–Crippen MR) is 116 cm³/mol. The van der Waals surface area contributed by atoms with E-state index in [4.69, 9.17) is 11.6 Å². The van der Waals surface area contributed by atoms with Gasteiger partial charge in [-0.2, -0.15) is 5.10 Å². The van der Waals surface area contributed by atoms with Crippen molar-refractivity contribution in [2.45, 2.75) is 32.4 Å². The number of likely N-dealkylation sites (tertiary alicyclic amines) is 1. The van der Waals surface area contributed by atoms with Crippen LogP contribution in [0, 0.1) is 5.92 Å². The first kappa shape index (κ1) is 20.7. The van der Waals surface area contributed by atoms with E-state index in [9.17, 15) is 0 Å². The molecule has 28 heavy (non-hydrogen) atoms. The van der Waals surface area contributed by atoms with Crippen LogP contribution in [0.1, 0.15) is 24.8 Å². The molecule has 1 fully saturated rings. The number of nitrogens with one attached hydrogen (secondary N) is 2. The molecule has 0 saturated carbocycles. The SMILES string of the molecule is CN=C(NCCCn1cccn1)NCC1CCN(Cc2ccccc2Cl)CC1. The number of aromatic nitrogens is 2. The van der Waals surface area contributed by atoms with Crippen molar-refractivity contribution in [3.8, 4) is 0 Å². The summed E-state index contributed by atoms with van der Waals surface area (Å²) >= 11 is 6.29. The minimum Gasteiger partial charge on any atom is -0.356 e. The van der Waals surface area contributed by atoms with E-state index in [0.717, 1.165) is 56.7 Å². The average Bonchev–Trinajstić information content (AvgIpc) is 3.24. The van der Waals surface area contributed by atoms with Gasteiger partial charge in [0, 0.05) is 50.6 Å². The van der Waals surface area contributed by atoms with Crippen molar-refractivity contribution in [2.75, 3.05) is 33.2 Å². The molecule has 1 aliphatic heterocycles. The number of piperidine rings is 1. The quantitative estimate of drug-likeness (QED) is 0.405. The van der Waals surface area contributed by atoms with Gasteiger partial charge >= 0.3 is 0 Å². The second-order valence-electron chi connectivity index (χ2n) is 7.31. The van der Waals surface area contributed by atoms with Gasteiger partial charge in [-0.05, 0) is 56.0 Å². The third-order valence-electron chi connectivity index (χ3n) is 5.26. The molecule has 3 rings (SSSR count). The molecule has 2 heterocycles. The van der Waals surface area contributed by atoms with Crippen LogP contribution in [0.2, 0.25) is 5.02 Å². The summed E-state index contributed by atoms with van der Waals surface area (Å²) in [5, 5.41) is 12.0. The van der Waals surface area contributed by atoms with Crippen LogP contribution in [0.3, 0.4) is 0 Å². The molecular formula is C21H31ClN6. The lowest BCUT2D eigenvalue weighted by Crippen LogP contribution is -2.43. The Balaban J connectivity index is 1.31. The summed E-state index contributed by atoms with van der Waals surface area (Å²) < 4.78 is 1.95. The largest absolute Gasteiger partial charge is 0.356 e. The number of aryl methyl sites for hydroxylation is 1. The van der Waals surface area contributed by atoms with Gasteiger partial charge in [-0.15, -0.1) is 0 Å². The topological polar surface area (TPSA) is 57.5 Å². The number of hydrogen-bond donors (Lipinski definition) is 2. The molecule has 0 bridgehead atoms. The van der Waals surface area contributed by atoms with Crippen molar-refractivity contribution in [3.05, 3.63) is 53.3 Å². The maximum absolute atomic E-state index is 6.29. The van der Waals surface area contributed by atoms with Crippen LogP contribution >= 0.6 is 11.6 Å². The summed E-state index contributed by atoms with van der Waals surface area (Å²) in [4.78, 5) is 6.83. The third kappa shape index (κ3) is 6.53. The zero-order valence-corrected chi connectivity index (χ0v) is 17.4. The molecule has 0 spiro atoms. The molecule has 0 unspecified atom stereocenters. The van der Waals surface area contributed by atoms with Crippen molar-refractivity contribution in [1.82, 2.24) is 25.3 Å². The van der Waals surface area contributed by atoms with Gasteiger partial charge in [-0.3, -0.25) is 14.6 Å². The van der Waals surface area contributed by atoms with Crippen molar-refractivity contribution in [3.63, 3.8) is 0 Å². The van der Waals surface area contributed by atoms with Crippen LogP contribution in [0.4, 0.5) is 0 Å². The molecule has 2 aromatic rings. The standard InChI is InChI=1S/C21H31ClN6/c1-23-21(24-10-4-12-28-13-5-11-26-28)25-16-18-8-14-27(15-9-18)17-19-6-2-3-7-20(19)22/h2-3,5-7,11,13,18H,4,8-10,12,14-17H2,1H3,(H2,23,24,25). The first-order chi connectivity index (χ1) is 13.7. The van der Waals surface area contributed by atoms with Crippen LogP contribution in [0.5, 0.6) is 0 Å². The third-order valence-corrected chi connectivity index (χ3v) is 5.63. The van der Waals surface area contributed by atoms with E-state index in [-0.39, 0.29) is 0 Å². The highest BCUT2D eigenvalue weighted by molar-refractivity contribution is 6.31. The fourth-order valence-electron chi connectivity index (χ4n) is 3.56. The van der Waals surface area contributed by atoms with Crippen molar-refractivity contribution < 1.29 is 0 Å². The Morgan fingerprint density at radius 1 is 1.21 bits per heavy atom. The van der Waals surface area contributed by atoms with Crippen molar-refractivity contribution in [1.29, 1.82) is 0 Å². The second kappa shape index (κ2) is 11.1. The highest BCUT2D eigenvalue weighted by Crippen LogP contribution is 2.21. The molecule has 0 atom stereocenters. The number of hydrogen-bond acceptors (Lipinski definition) is 3. The maximum atomic E-state index is 6.29. The number of aliphatic imine (C=N–C) groups is 1. The predicted octanol–water partition coefficient (Wildman–Crippen LogP) is 3.00. The van der Waals surface area contributed by atoms with Crippen LogP contribution in [-0.2, 0) is 13.1 Å². The molecule has 0 aliphatic carbocycles. The molecule has 1 saturated heterocycles. The van der Waals surface area contributed by atoms with Crippen molar-refractivity contribution >= 4 is 17.6 Å². The van der Waals surface area contributed by atoms with Crippen LogP contribution < -0.4 is 10.6 Å². The van der Waals surface area contributed by atoms with E-state index in [1.807, 2.05) is 42.3 Å². The molecule has 6 nitrogen and oxygen atoms in total. The summed E-state index contributed by atoms with van der Waals surface area (Å²) in [5.74, 6) is 1.57. The Bertz CT molecular complexity index is 722. The van der Waals surface area contributed by atoms with Gasteiger partial charge in [0.2, 0.25) is 0 Å². The van der Waals surface area contributed by atoms with Gasteiger partial charge in [-0.25, -0.2) is 0 Å². The lowest BCUT2D eigenvalue weighted by Gasteiger charge is -2.32. The monoisotopic (exact) mass is 402 g/mol. The Morgan fingerprint density at radius 3 is 2.75 bits per heavy atom. The lowest BCUT2D eigenvalue weighted by atomic mass is 9.96. The summed E-state index contributed by atoms with van der Waals surface area (Å²) in [6.45, 7) is 5.95. The Labute approximate surface area is 173 Å². The van der Waals surface area contributed by atoms with Crippen LogP contribution in [0.15, 0.2) is 47.7 Å². The van der Waals surface area contributed by atoms with E-state index >= 15 is 0 Å². The summed E-state index contributed by atoms with van der Waals surface area (Å²) in [7, 11) is 1.83. The van der Waals surface area contributed by atoms with Crippen molar-refractivity contribution in [2.24, 2.45) is 10.9 Å². The highest BCUT2D eigenvalue weighted by atomic mass is 35.5. The number of nitrogens with zero attached hydrogens (tertiary/aromatic N) is 4. The average molecular weight is 403 g/mol. The van der Waals surface area contributed by atoms with E-state index in [1.165, 1.54) is 18.4 Å². The van der Waals surface area contributed by atoms with Crippen LogP contribution in [0.25, 0.3) is 0 Å². The molecule has 0 radical (unpaired) electrons. The van der Waals surface area contributed by atoms with Gasteiger partial charge in [0.05, 0.1) is 0 Å². The lowest BCUT2D eigenvalue weighted by molar-refractivity contribution is 0.178. The molecule has 1 aromatic heterocycles. The van der Waals surface area contributed by atoms with E-state index in [0.29, 0.717) is 5.92 Å². The number of guanidine groups is 1. The summed E-state index contributed by atoms with van der Waals surface area (Å²) in [6, 6.07) is 10.1. The number of benzene rings is 1. The number of rotatable bonds is 8. The summed E-state index contributed by atoms with van der Waals surface area (Å²) in [6.07, 6.45) is 7.23. The molecule has 0 amide bonds. The molecule has 7 heteroatoms. The second-order valence-corrected chi connectivity index (χ2v) is 7.72. The van der Waals surface area contributed by atoms with Gasteiger partial charge in [-0.1, -0.05) is 29.8 Å². The molecule has 1 aromatic carbocycles. The Hall–Kier alpha value is -2.05. The Kier molecular flexibility index (Phi) is 8.18. The fourth-order valence-corrected chi connectivity index (χ4v) is 3.75. The van der Waals surface area contributed by atoms with Gasteiger partial charge in [0.25, 0.3) is 0 Å². The molecule has 1 aliphatic rings. The Morgan fingerprint density at radius 2 is 2.04 bits per heavy atom. The molecule has 152 valence electrons. The van der Waals surface area contributed by atoms with Gasteiger partial charge in [0.1, 0.15) is 0 Å². The van der Waals surface area contributed by atoms with Crippen LogP contribution in [-0.4, -0.2) is 53.9 Å². The normalized spacial score (nSPS) is 16.3. The number of halogens is 1. The van der Waals surface area contributed by atoms with E-state index in [2.05, 4.69) is 37.8 Å². The van der Waals surface area contributed by atoms with Gasteiger partial charge in [0.15, 0.2) is 5.96 Å². The summed E-state index contributed by atoms with van der Waals surface area (Å²) in [5.41, 5.74) is 1.22. The maximum Gasteiger partial charge on any atom is 0.190 e. The molecule has 2 N–H and O–H groups in total. The highest BCUT2D eigenvalue weighted by Gasteiger charge is 2.20. The first-order valence-electron chi connectivity index (χ1n) is 10.1. The van der Waals surface area contributed by atoms with E-state index < -0.39 is 0 Å². The first-order valence-corrected chi connectivity index (χ1v) is 10.5. The minimum atomic E-state index is 0.685. The zero-order chi connectivity index (χ0) is 19.6.